The third-order valence-corrected chi connectivity index (χ3v) is 3.86. The van der Waals surface area contributed by atoms with E-state index in [1.54, 1.807) is 25.1 Å². The summed E-state index contributed by atoms with van der Waals surface area (Å²) in [6.07, 6.45) is 0. The lowest BCUT2D eigenvalue weighted by molar-refractivity contribution is -0.119. The van der Waals surface area contributed by atoms with Crippen LogP contribution in [0.2, 0.25) is 0 Å². The second kappa shape index (κ2) is 7.68. The Balaban J connectivity index is 2.13. The third kappa shape index (κ3) is 4.16. The summed E-state index contributed by atoms with van der Waals surface area (Å²) in [5, 5.41) is 9.35. The number of nitrogens with zero attached hydrogens (tertiary/aromatic N) is 2. The first kappa shape index (κ1) is 17.6. The molecule has 0 saturated carbocycles. The summed E-state index contributed by atoms with van der Waals surface area (Å²) >= 11 is 1.01. The molecule has 0 radical (unpaired) electrons. The zero-order valence-electron chi connectivity index (χ0n) is 13.2. The molecule has 0 unspecified atom stereocenters. The quantitative estimate of drug-likeness (QED) is 0.747. The number of hydrogen-bond acceptors (Lipinski definition) is 8. The van der Waals surface area contributed by atoms with Crippen LogP contribution in [0.5, 0.6) is 11.5 Å². The summed E-state index contributed by atoms with van der Waals surface area (Å²) in [5.74, 6) is 0.822. The highest BCUT2D eigenvalue weighted by molar-refractivity contribution is 8.00. The van der Waals surface area contributed by atoms with E-state index in [9.17, 15) is 9.59 Å². The fourth-order valence-electron chi connectivity index (χ4n) is 1.77. The number of urea groups is 1. The van der Waals surface area contributed by atoms with Crippen LogP contribution in [0, 0.1) is 0 Å². The monoisotopic (exact) mass is 352 g/mol. The molecule has 0 spiro atoms. The first-order valence-electron chi connectivity index (χ1n) is 6.77. The van der Waals surface area contributed by atoms with E-state index in [0.717, 1.165) is 11.8 Å². The maximum absolute atomic E-state index is 11.6. The minimum atomic E-state index is -0.913. The number of aromatic nitrogens is 2. The number of amides is 3. The summed E-state index contributed by atoms with van der Waals surface area (Å²) in [7, 11) is 3.06. The van der Waals surface area contributed by atoms with E-state index in [2.05, 4.69) is 10.2 Å². The molecule has 1 aromatic carbocycles. The Hall–Kier alpha value is -2.75. The van der Waals surface area contributed by atoms with Gasteiger partial charge in [0.15, 0.2) is 11.5 Å². The number of imide groups is 1. The molecule has 0 fully saturated rings. The van der Waals surface area contributed by atoms with E-state index in [-0.39, 0.29) is 11.1 Å². The smallest absolute Gasteiger partial charge is 0.318 e. The lowest BCUT2D eigenvalue weighted by atomic mass is 10.2. The van der Waals surface area contributed by atoms with Crippen LogP contribution in [-0.4, -0.2) is 41.6 Å². The van der Waals surface area contributed by atoms with Crippen LogP contribution in [0.1, 0.15) is 6.92 Å². The van der Waals surface area contributed by atoms with Gasteiger partial charge >= 0.3 is 6.03 Å². The predicted molar refractivity (Wildman–Crippen MR) is 85.9 cm³/mol. The number of rotatable bonds is 6. The number of ether oxygens (including phenoxy) is 2. The van der Waals surface area contributed by atoms with Crippen LogP contribution in [0.4, 0.5) is 4.79 Å². The summed E-state index contributed by atoms with van der Waals surface area (Å²) < 4.78 is 15.9. The van der Waals surface area contributed by atoms with Gasteiger partial charge in [0, 0.05) is 5.56 Å². The third-order valence-electron chi connectivity index (χ3n) is 2.93. The topological polar surface area (TPSA) is 130 Å². The van der Waals surface area contributed by atoms with Crippen molar-refractivity contribution in [2.45, 2.75) is 17.4 Å². The molecule has 1 heterocycles. The summed E-state index contributed by atoms with van der Waals surface area (Å²) in [5.41, 5.74) is 5.54. The number of nitrogens with two attached hydrogens (primary N) is 1. The average Bonchev–Trinajstić information content (AvgIpc) is 3.01. The first-order valence-corrected chi connectivity index (χ1v) is 7.65. The Labute approximate surface area is 141 Å². The lowest BCUT2D eigenvalue weighted by Gasteiger charge is -2.07. The van der Waals surface area contributed by atoms with E-state index in [1.807, 2.05) is 5.32 Å². The minimum Gasteiger partial charge on any atom is -0.493 e. The zero-order valence-corrected chi connectivity index (χ0v) is 14.0. The molecule has 3 amide bonds. The van der Waals surface area contributed by atoms with E-state index in [1.165, 1.54) is 14.2 Å². The Morgan fingerprint density at radius 3 is 2.58 bits per heavy atom. The number of benzene rings is 1. The van der Waals surface area contributed by atoms with Crippen LogP contribution in [0.15, 0.2) is 27.8 Å². The predicted octanol–water partition coefficient (Wildman–Crippen LogP) is 1.43. The molecule has 128 valence electrons. The molecule has 2 aromatic rings. The molecule has 10 heteroatoms. The summed E-state index contributed by atoms with van der Waals surface area (Å²) in [6, 6.07) is 4.24. The van der Waals surface area contributed by atoms with Crippen molar-refractivity contribution < 1.29 is 23.5 Å². The van der Waals surface area contributed by atoms with Crippen molar-refractivity contribution in [2.24, 2.45) is 5.73 Å². The van der Waals surface area contributed by atoms with Gasteiger partial charge in [-0.2, -0.15) is 0 Å². The van der Waals surface area contributed by atoms with E-state index >= 15 is 0 Å². The van der Waals surface area contributed by atoms with Crippen molar-refractivity contribution in [1.82, 2.24) is 15.5 Å². The lowest BCUT2D eigenvalue weighted by Crippen LogP contribution is -2.39. The van der Waals surface area contributed by atoms with Gasteiger partial charge in [-0.3, -0.25) is 10.1 Å². The summed E-state index contributed by atoms with van der Waals surface area (Å²) in [6.45, 7) is 1.59. The minimum absolute atomic E-state index is 0.187. The molecule has 0 saturated heterocycles. The summed E-state index contributed by atoms with van der Waals surface area (Å²) in [4.78, 5) is 22.3. The molecule has 1 aromatic heterocycles. The number of thioether (sulfide) groups is 1. The van der Waals surface area contributed by atoms with Crippen molar-refractivity contribution in [3.05, 3.63) is 18.2 Å². The van der Waals surface area contributed by atoms with Gasteiger partial charge in [0.2, 0.25) is 11.8 Å². The molecule has 0 bridgehead atoms. The Kier molecular flexibility index (Phi) is 5.64. The van der Waals surface area contributed by atoms with Crippen LogP contribution in [-0.2, 0) is 4.79 Å². The number of primary amides is 1. The van der Waals surface area contributed by atoms with Gasteiger partial charge in [-0.05, 0) is 25.1 Å². The van der Waals surface area contributed by atoms with E-state index in [4.69, 9.17) is 19.6 Å². The van der Waals surface area contributed by atoms with Gasteiger partial charge in [-0.15, -0.1) is 10.2 Å². The molecular formula is C14H16N4O5S. The first-order chi connectivity index (χ1) is 11.4. The molecule has 1 atom stereocenters. The number of hydrogen-bond donors (Lipinski definition) is 2. The Morgan fingerprint density at radius 2 is 1.96 bits per heavy atom. The molecule has 3 N–H and O–H groups in total. The zero-order chi connectivity index (χ0) is 17.7. The molecule has 0 aliphatic heterocycles. The van der Waals surface area contributed by atoms with Crippen molar-refractivity contribution >= 4 is 23.7 Å². The highest BCUT2D eigenvalue weighted by Crippen LogP contribution is 2.33. The number of methoxy groups -OCH3 is 2. The van der Waals surface area contributed by atoms with E-state index < -0.39 is 17.2 Å². The fraction of sp³-hybridized carbons (Fsp3) is 0.286. The van der Waals surface area contributed by atoms with Crippen LogP contribution in [0.25, 0.3) is 11.5 Å². The second-order valence-corrected chi connectivity index (χ2v) is 5.85. The van der Waals surface area contributed by atoms with E-state index in [0.29, 0.717) is 17.1 Å². The maximum atomic E-state index is 11.6. The number of carbonyl (C=O) groups excluding carboxylic acids is 2. The molecule has 0 aliphatic carbocycles. The van der Waals surface area contributed by atoms with Crippen LogP contribution in [0.3, 0.4) is 0 Å². The van der Waals surface area contributed by atoms with Crippen molar-refractivity contribution in [3.63, 3.8) is 0 Å². The molecule has 9 nitrogen and oxygen atoms in total. The van der Waals surface area contributed by atoms with Gasteiger partial charge in [-0.25, -0.2) is 4.79 Å². The average molecular weight is 352 g/mol. The highest BCUT2D eigenvalue weighted by atomic mass is 32.2. The SMILES string of the molecule is COc1ccc(-c2nnc(S[C@@H](C)C(=O)NC(N)=O)o2)cc1OC. The number of nitrogens with one attached hydrogen (secondary N) is 1. The maximum Gasteiger partial charge on any atom is 0.318 e. The molecular weight excluding hydrogens is 336 g/mol. The Morgan fingerprint density at radius 1 is 1.25 bits per heavy atom. The highest BCUT2D eigenvalue weighted by Gasteiger charge is 2.20. The normalized spacial score (nSPS) is 11.6. The fourth-order valence-corrected chi connectivity index (χ4v) is 2.45. The van der Waals surface area contributed by atoms with Crippen molar-refractivity contribution in [3.8, 4) is 23.0 Å². The molecule has 0 aliphatic rings. The number of carbonyl (C=O) groups is 2. The van der Waals surface area contributed by atoms with Crippen molar-refractivity contribution in [2.75, 3.05) is 14.2 Å². The van der Waals surface area contributed by atoms with Crippen molar-refractivity contribution in [1.29, 1.82) is 0 Å². The van der Waals surface area contributed by atoms with Gasteiger partial charge in [0.25, 0.3) is 5.22 Å². The molecule has 24 heavy (non-hydrogen) atoms. The van der Waals surface area contributed by atoms with Gasteiger partial charge in [-0.1, -0.05) is 11.8 Å². The largest absolute Gasteiger partial charge is 0.493 e. The second-order valence-electron chi connectivity index (χ2n) is 4.56. The van der Waals surface area contributed by atoms with Gasteiger partial charge < -0.3 is 19.6 Å². The van der Waals surface area contributed by atoms with Crippen LogP contribution < -0.4 is 20.5 Å². The Bertz CT molecular complexity index is 749. The standard InChI is InChI=1S/C14H16N4O5S/c1-7(11(19)16-13(15)20)24-14-18-17-12(23-14)8-4-5-9(21-2)10(6-8)22-3/h4-7H,1-3H3,(H3,15,16,19,20)/t7-/m0/s1. The van der Waals surface area contributed by atoms with Gasteiger partial charge in [0.1, 0.15) is 0 Å². The van der Waals surface area contributed by atoms with Gasteiger partial charge in [0.05, 0.1) is 19.5 Å². The molecule has 2 rings (SSSR count). The van der Waals surface area contributed by atoms with Crippen LogP contribution >= 0.6 is 11.8 Å².